The van der Waals surface area contributed by atoms with E-state index < -0.39 is 5.82 Å². The highest BCUT2D eigenvalue weighted by Crippen LogP contribution is 2.13. The molecule has 0 aliphatic carbocycles. The van der Waals surface area contributed by atoms with Crippen molar-refractivity contribution in [3.63, 3.8) is 0 Å². The zero-order valence-corrected chi connectivity index (χ0v) is 11.8. The normalized spacial score (nSPS) is 10.4. The second-order valence-corrected chi connectivity index (χ2v) is 5.14. The van der Waals surface area contributed by atoms with Gasteiger partial charge in [0.1, 0.15) is 11.0 Å². The summed E-state index contributed by atoms with van der Waals surface area (Å²) in [5, 5.41) is 2.73. The second kappa shape index (κ2) is 8.32. The summed E-state index contributed by atoms with van der Waals surface area (Å²) < 4.78 is 12.9. The second-order valence-electron chi connectivity index (χ2n) is 3.80. The molecule has 1 amide bonds. The Kier molecular flexibility index (Phi) is 7.05. The highest BCUT2D eigenvalue weighted by Gasteiger charge is 2.11. The smallest absolute Gasteiger partial charge is 0.254 e. The molecular weight excluding hydrogens is 275 g/mol. The molecule has 0 unspecified atom stereocenters. The van der Waals surface area contributed by atoms with Crippen molar-refractivity contribution < 1.29 is 9.18 Å². The predicted molar refractivity (Wildman–Crippen MR) is 73.8 cm³/mol. The van der Waals surface area contributed by atoms with Crippen molar-refractivity contribution in [3.05, 3.63) is 28.8 Å². The molecule has 6 heteroatoms. The Morgan fingerprint density at radius 1 is 1.50 bits per heavy atom. The number of carbonyl (C=O) groups excluding carboxylic acids is 1. The molecule has 0 radical (unpaired) electrons. The molecule has 1 N–H and O–H groups in total. The number of aromatic nitrogens is 1. The van der Waals surface area contributed by atoms with Crippen LogP contribution in [0.15, 0.2) is 12.3 Å². The molecule has 1 aromatic heterocycles. The number of thioether (sulfide) groups is 1. The Morgan fingerprint density at radius 3 is 3.00 bits per heavy atom. The van der Waals surface area contributed by atoms with Crippen LogP contribution < -0.4 is 5.32 Å². The fourth-order valence-electron chi connectivity index (χ4n) is 1.43. The van der Waals surface area contributed by atoms with Gasteiger partial charge in [0.2, 0.25) is 0 Å². The van der Waals surface area contributed by atoms with Crippen LogP contribution in [0.25, 0.3) is 0 Å². The van der Waals surface area contributed by atoms with Crippen molar-refractivity contribution >= 4 is 29.3 Å². The summed E-state index contributed by atoms with van der Waals surface area (Å²) in [6.45, 7) is 0.570. The lowest BCUT2D eigenvalue weighted by Crippen LogP contribution is -2.25. The lowest BCUT2D eigenvalue weighted by molar-refractivity contribution is 0.0952. The van der Waals surface area contributed by atoms with Gasteiger partial charge in [0.25, 0.3) is 5.91 Å². The van der Waals surface area contributed by atoms with Gasteiger partial charge in [-0.15, -0.1) is 0 Å². The molecule has 0 aliphatic heterocycles. The zero-order chi connectivity index (χ0) is 13.4. The van der Waals surface area contributed by atoms with Crippen LogP contribution in [0.3, 0.4) is 0 Å². The van der Waals surface area contributed by atoms with Crippen molar-refractivity contribution in [1.82, 2.24) is 10.3 Å². The van der Waals surface area contributed by atoms with E-state index in [4.69, 9.17) is 11.6 Å². The molecule has 0 saturated heterocycles. The van der Waals surface area contributed by atoms with Crippen LogP contribution >= 0.6 is 23.4 Å². The Labute approximate surface area is 116 Å². The number of pyridine rings is 1. The molecule has 3 nitrogen and oxygen atoms in total. The summed E-state index contributed by atoms with van der Waals surface area (Å²) in [5.74, 6) is 0.189. The SMILES string of the molecule is CSCCCCCNC(=O)c1cc(F)cnc1Cl. The Bertz CT molecular complexity index is 404. The van der Waals surface area contributed by atoms with Crippen LogP contribution in [0, 0.1) is 5.82 Å². The van der Waals surface area contributed by atoms with Gasteiger partial charge in [-0.3, -0.25) is 4.79 Å². The quantitative estimate of drug-likeness (QED) is 0.620. The molecule has 0 bridgehead atoms. The topological polar surface area (TPSA) is 42.0 Å². The first-order chi connectivity index (χ1) is 8.65. The van der Waals surface area contributed by atoms with Crippen molar-refractivity contribution in [2.24, 2.45) is 0 Å². The first-order valence-electron chi connectivity index (χ1n) is 5.73. The van der Waals surface area contributed by atoms with Crippen molar-refractivity contribution in [2.75, 3.05) is 18.6 Å². The van der Waals surface area contributed by atoms with Crippen molar-refractivity contribution in [1.29, 1.82) is 0 Å². The average Bonchev–Trinajstić information content (AvgIpc) is 2.36. The van der Waals surface area contributed by atoms with E-state index in [1.165, 1.54) is 0 Å². The molecule has 0 aromatic carbocycles. The van der Waals surface area contributed by atoms with Gasteiger partial charge in [0.05, 0.1) is 11.8 Å². The standard InChI is InChI=1S/C12H16ClFN2OS/c1-18-6-4-2-3-5-15-12(17)10-7-9(14)8-16-11(10)13/h7-8H,2-6H2,1H3,(H,15,17). The predicted octanol–water partition coefficient (Wildman–Crippen LogP) is 3.14. The summed E-state index contributed by atoms with van der Waals surface area (Å²) in [7, 11) is 0. The fourth-order valence-corrected chi connectivity index (χ4v) is 2.11. The Balaban J connectivity index is 2.34. The van der Waals surface area contributed by atoms with Gasteiger partial charge < -0.3 is 5.32 Å². The fraction of sp³-hybridized carbons (Fsp3) is 0.500. The van der Waals surface area contributed by atoms with E-state index in [0.29, 0.717) is 6.54 Å². The molecular formula is C12H16ClFN2OS. The molecule has 100 valence electrons. The van der Waals surface area contributed by atoms with Crippen LogP contribution in [0.1, 0.15) is 29.6 Å². The van der Waals surface area contributed by atoms with E-state index in [1.807, 2.05) is 11.8 Å². The third-order valence-electron chi connectivity index (χ3n) is 2.36. The van der Waals surface area contributed by atoms with E-state index in [-0.39, 0.29) is 16.6 Å². The minimum atomic E-state index is -0.565. The zero-order valence-electron chi connectivity index (χ0n) is 10.2. The maximum absolute atomic E-state index is 12.9. The third kappa shape index (κ3) is 5.23. The Morgan fingerprint density at radius 2 is 2.28 bits per heavy atom. The summed E-state index contributed by atoms with van der Waals surface area (Å²) in [6, 6.07) is 1.10. The molecule has 0 saturated carbocycles. The number of rotatable bonds is 7. The number of halogens is 2. The lowest BCUT2D eigenvalue weighted by Gasteiger charge is -2.06. The molecule has 1 heterocycles. The van der Waals surface area contributed by atoms with Gasteiger partial charge in [0, 0.05) is 6.54 Å². The molecule has 1 aromatic rings. The largest absolute Gasteiger partial charge is 0.352 e. The number of nitrogens with one attached hydrogen (secondary N) is 1. The molecule has 0 atom stereocenters. The Hall–Kier alpha value is -0.810. The highest BCUT2D eigenvalue weighted by atomic mass is 35.5. The average molecular weight is 291 g/mol. The van der Waals surface area contributed by atoms with Gasteiger partial charge in [-0.25, -0.2) is 9.37 Å². The van der Waals surface area contributed by atoms with Crippen LogP contribution in [-0.4, -0.2) is 29.4 Å². The summed E-state index contributed by atoms with van der Waals surface area (Å²) in [4.78, 5) is 15.3. The minimum Gasteiger partial charge on any atom is -0.352 e. The van der Waals surface area contributed by atoms with E-state index in [2.05, 4.69) is 16.6 Å². The first kappa shape index (κ1) is 15.2. The van der Waals surface area contributed by atoms with Gasteiger partial charge in [0.15, 0.2) is 0 Å². The van der Waals surface area contributed by atoms with Gasteiger partial charge in [-0.05, 0) is 30.9 Å². The van der Waals surface area contributed by atoms with Crippen molar-refractivity contribution in [2.45, 2.75) is 19.3 Å². The number of unbranched alkanes of at least 4 members (excludes halogenated alkanes) is 2. The maximum atomic E-state index is 12.9. The molecule has 18 heavy (non-hydrogen) atoms. The minimum absolute atomic E-state index is 0.0243. The number of nitrogens with zero attached hydrogens (tertiary/aromatic N) is 1. The first-order valence-corrected chi connectivity index (χ1v) is 7.50. The van der Waals surface area contributed by atoms with Crippen molar-refractivity contribution in [3.8, 4) is 0 Å². The summed E-state index contributed by atoms with van der Waals surface area (Å²) in [5.41, 5.74) is 0.0841. The highest BCUT2D eigenvalue weighted by molar-refractivity contribution is 7.98. The molecule has 0 fully saturated rings. The maximum Gasteiger partial charge on any atom is 0.254 e. The van der Waals surface area contributed by atoms with Gasteiger partial charge in [-0.2, -0.15) is 11.8 Å². The van der Waals surface area contributed by atoms with E-state index >= 15 is 0 Å². The number of carbonyl (C=O) groups is 1. The molecule has 0 spiro atoms. The van der Waals surface area contributed by atoms with Gasteiger partial charge >= 0.3 is 0 Å². The monoisotopic (exact) mass is 290 g/mol. The van der Waals surface area contributed by atoms with Gasteiger partial charge in [-0.1, -0.05) is 18.0 Å². The van der Waals surface area contributed by atoms with Crippen LogP contribution in [0.4, 0.5) is 4.39 Å². The summed E-state index contributed by atoms with van der Waals surface area (Å²) in [6.07, 6.45) is 6.17. The lowest BCUT2D eigenvalue weighted by atomic mass is 10.2. The molecule has 1 rings (SSSR count). The van der Waals surface area contributed by atoms with Crippen LogP contribution in [0.2, 0.25) is 5.15 Å². The van der Waals surface area contributed by atoms with E-state index in [1.54, 1.807) is 0 Å². The third-order valence-corrected chi connectivity index (χ3v) is 3.36. The van der Waals surface area contributed by atoms with E-state index in [9.17, 15) is 9.18 Å². The molecule has 0 aliphatic rings. The van der Waals surface area contributed by atoms with Crippen LogP contribution in [-0.2, 0) is 0 Å². The number of hydrogen-bond donors (Lipinski definition) is 1. The number of hydrogen-bond acceptors (Lipinski definition) is 3. The van der Waals surface area contributed by atoms with Crippen LogP contribution in [0.5, 0.6) is 0 Å². The van der Waals surface area contributed by atoms with E-state index in [0.717, 1.165) is 37.3 Å². The number of amides is 1. The summed E-state index contributed by atoms with van der Waals surface area (Å²) >= 11 is 7.54.